The summed E-state index contributed by atoms with van der Waals surface area (Å²) >= 11 is 0. The van der Waals surface area contributed by atoms with E-state index in [0.717, 1.165) is 5.56 Å². The van der Waals surface area contributed by atoms with Gasteiger partial charge in [0.15, 0.2) is 0 Å². The fourth-order valence-corrected chi connectivity index (χ4v) is 0.899. The molecule has 1 N–H and O–H groups in total. The van der Waals surface area contributed by atoms with Gasteiger partial charge in [-0.05, 0) is 6.07 Å². The third kappa shape index (κ3) is 1.98. The summed E-state index contributed by atoms with van der Waals surface area (Å²) in [4.78, 5) is 3.21. The fraction of sp³-hybridized carbons (Fsp3) is 0.222. The van der Waals surface area contributed by atoms with Crippen LogP contribution < -0.4 is 0 Å². The lowest BCUT2D eigenvalue weighted by Gasteiger charge is -1.97. The van der Waals surface area contributed by atoms with Gasteiger partial charge < -0.3 is 9.95 Å². The molecule has 0 aromatic heterocycles. The molecule has 0 aliphatic rings. The molecule has 0 aliphatic heterocycles. The SMILES string of the molecule is [C-]#[N+]CCc1ccccc1O. The van der Waals surface area contributed by atoms with Crippen LogP contribution in [0.3, 0.4) is 0 Å². The summed E-state index contributed by atoms with van der Waals surface area (Å²) < 4.78 is 0. The van der Waals surface area contributed by atoms with Gasteiger partial charge in [-0.25, -0.2) is 6.57 Å². The molecule has 0 atom stereocenters. The van der Waals surface area contributed by atoms with E-state index < -0.39 is 0 Å². The zero-order valence-electron chi connectivity index (χ0n) is 6.12. The van der Waals surface area contributed by atoms with Gasteiger partial charge in [0.05, 0.1) is 0 Å². The molecule has 0 unspecified atom stereocenters. The highest BCUT2D eigenvalue weighted by Crippen LogP contribution is 2.15. The number of hydrogen-bond acceptors (Lipinski definition) is 1. The summed E-state index contributed by atoms with van der Waals surface area (Å²) in [6.07, 6.45) is 0.635. The maximum absolute atomic E-state index is 9.23. The van der Waals surface area contributed by atoms with Crippen LogP contribution in [-0.4, -0.2) is 11.7 Å². The Morgan fingerprint density at radius 1 is 1.36 bits per heavy atom. The van der Waals surface area contributed by atoms with E-state index in [0.29, 0.717) is 13.0 Å². The number of phenols is 1. The quantitative estimate of drug-likeness (QED) is 0.634. The molecule has 0 radical (unpaired) electrons. The zero-order chi connectivity index (χ0) is 8.10. The largest absolute Gasteiger partial charge is 0.508 e. The number of aromatic hydroxyl groups is 1. The van der Waals surface area contributed by atoms with Gasteiger partial charge >= 0.3 is 0 Å². The number of hydrogen-bond donors (Lipinski definition) is 1. The first-order chi connectivity index (χ1) is 5.34. The summed E-state index contributed by atoms with van der Waals surface area (Å²) in [5.74, 6) is 0.288. The van der Waals surface area contributed by atoms with E-state index in [9.17, 15) is 5.11 Å². The molecule has 0 heterocycles. The molecule has 1 aromatic rings. The monoisotopic (exact) mass is 147 g/mol. The molecule has 2 nitrogen and oxygen atoms in total. The highest BCUT2D eigenvalue weighted by molar-refractivity contribution is 5.32. The summed E-state index contributed by atoms with van der Waals surface area (Å²) in [6, 6.07) is 7.11. The van der Waals surface area contributed by atoms with Crippen molar-refractivity contribution in [2.24, 2.45) is 0 Å². The van der Waals surface area contributed by atoms with Gasteiger partial charge in [-0.15, -0.1) is 0 Å². The van der Waals surface area contributed by atoms with Crippen LogP contribution in [0.4, 0.5) is 0 Å². The van der Waals surface area contributed by atoms with Gasteiger partial charge in [0.1, 0.15) is 5.75 Å². The van der Waals surface area contributed by atoms with Crippen LogP contribution in [0.15, 0.2) is 24.3 Å². The second kappa shape index (κ2) is 3.62. The Hall–Kier alpha value is -1.49. The molecule has 0 aliphatic carbocycles. The predicted octanol–water partition coefficient (Wildman–Crippen LogP) is 1.85. The Balaban J connectivity index is 2.71. The van der Waals surface area contributed by atoms with Crippen molar-refractivity contribution in [1.29, 1.82) is 0 Å². The number of nitrogens with zero attached hydrogens (tertiary/aromatic N) is 1. The summed E-state index contributed by atoms with van der Waals surface area (Å²) in [6.45, 7) is 7.01. The van der Waals surface area contributed by atoms with Crippen molar-refractivity contribution in [3.05, 3.63) is 41.2 Å². The van der Waals surface area contributed by atoms with Crippen LogP contribution in [0.25, 0.3) is 4.85 Å². The van der Waals surface area contributed by atoms with Crippen molar-refractivity contribution in [2.45, 2.75) is 6.42 Å². The van der Waals surface area contributed by atoms with Crippen molar-refractivity contribution in [2.75, 3.05) is 6.54 Å². The molecular formula is C9H9NO. The lowest BCUT2D eigenvalue weighted by molar-refractivity contribution is 0.468. The van der Waals surface area contributed by atoms with E-state index in [4.69, 9.17) is 6.57 Å². The van der Waals surface area contributed by atoms with Gasteiger partial charge in [-0.3, -0.25) is 0 Å². The minimum absolute atomic E-state index is 0.288. The molecule has 0 saturated carbocycles. The molecule has 2 heteroatoms. The van der Waals surface area contributed by atoms with Crippen LogP contribution in [0.1, 0.15) is 5.56 Å². The van der Waals surface area contributed by atoms with Crippen molar-refractivity contribution in [3.63, 3.8) is 0 Å². The second-order valence-electron chi connectivity index (χ2n) is 2.26. The minimum atomic E-state index is 0.288. The van der Waals surface area contributed by atoms with Gasteiger partial charge in [-0.2, -0.15) is 0 Å². The Bertz CT molecular complexity index is 275. The van der Waals surface area contributed by atoms with Crippen LogP contribution >= 0.6 is 0 Å². The van der Waals surface area contributed by atoms with E-state index in [1.807, 2.05) is 12.1 Å². The normalized spacial score (nSPS) is 9.00. The fourth-order valence-electron chi connectivity index (χ4n) is 0.899. The first-order valence-corrected chi connectivity index (χ1v) is 3.44. The summed E-state index contributed by atoms with van der Waals surface area (Å²) in [5.41, 5.74) is 0.850. The molecule has 0 bridgehead atoms. The highest BCUT2D eigenvalue weighted by atomic mass is 16.3. The topological polar surface area (TPSA) is 24.6 Å². The lowest BCUT2D eigenvalue weighted by atomic mass is 10.1. The predicted molar refractivity (Wildman–Crippen MR) is 43.3 cm³/mol. The molecule has 56 valence electrons. The maximum Gasteiger partial charge on any atom is 0.218 e. The Morgan fingerprint density at radius 3 is 2.73 bits per heavy atom. The van der Waals surface area contributed by atoms with Crippen molar-refractivity contribution in [1.82, 2.24) is 0 Å². The first kappa shape index (κ1) is 7.62. The Morgan fingerprint density at radius 2 is 2.09 bits per heavy atom. The van der Waals surface area contributed by atoms with Gasteiger partial charge in [-0.1, -0.05) is 18.2 Å². The van der Waals surface area contributed by atoms with E-state index in [-0.39, 0.29) is 5.75 Å². The molecule has 1 rings (SSSR count). The standard InChI is InChI=1S/C9H9NO/c1-10-7-6-8-4-2-3-5-9(8)11/h2-5,11H,6-7H2. The number of benzene rings is 1. The molecular weight excluding hydrogens is 138 g/mol. The zero-order valence-corrected chi connectivity index (χ0v) is 6.12. The van der Waals surface area contributed by atoms with Crippen LogP contribution in [0.5, 0.6) is 5.75 Å². The van der Waals surface area contributed by atoms with Crippen LogP contribution in [0.2, 0.25) is 0 Å². The first-order valence-electron chi connectivity index (χ1n) is 3.44. The highest BCUT2D eigenvalue weighted by Gasteiger charge is 1.98. The number of phenolic OH excluding ortho intramolecular Hbond substituents is 1. The average molecular weight is 147 g/mol. The van der Waals surface area contributed by atoms with Gasteiger partial charge in [0.25, 0.3) is 0 Å². The molecule has 0 spiro atoms. The average Bonchev–Trinajstić information content (AvgIpc) is 2.03. The molecule has 0 amide bonds. The molecule has 0 fully saturated rings. The molecule has 0 saturated heterocycles. The molecule has 1 aromatic carbocycles. The third-order valence-electron chi connectivity index (χ3n) is 1.48. The summed E-state index contributed by atoms with van der Waals surface area (Å²) in [5, 5.41) is 9.23. The van der Waals surface area contributed by atoms with E-state index in [1.165, 1.54) is 0 Å². The summed E-state index contributed by atoms with van der Waals surface area (Å²) in [7, 11) is 0. The van der Waals surface area contributed by atoms with Crippen molar-refractivity contribution >= 4 is 0 Å². The van der Waals surface area contributed by atoms with Crippen LogP contribution in [-0.2, 0) is 6.42 Å². The number of para-hydroxylation sites is 1. The van der Waals surface area contributed by atoms with Crippen molar-refractivity contribution in [3.8, 4) is 5.75 Å². The Labute approximate surface area is 65.9 Å². The van der Waals surface area contributed by atoms with E-state index >= 15 is 0 Å². The lowest BCUT2D eigenvalue weighted by Crippen LogP contribution is -1.87. The Kier molecular flexibility index (Phi) is 2.51. The molecule has 11 heavy (non-hydrogen) atoms. The van der Waals surface area contributed by atoms with E-state index in [1.54, 1.807) is 12.1 Å². The van der Waals surface area contributed by atoms with Gasteiger partial charge in [0, 0.05) is 12.0 Å². The van der Waals surface area contributed by atoms with Gasteiger partial charge in [0.2, 0.25) is 6.54 Å². The van der Waals surface area contributed by atoms with Crippen LogP contribution in [0, 0.1) is 6.57 Å². The van der Waals surface area contributed by atoms with E-state index in [2.05, 4.69) is 4.85 Å². The second-order valence-corrected chi connectivity index (χ2v) is 2.26. The smallest absolute Gasteiger partial charge is 0.218 e. The van der Waals surface area contributed by atoms with Crippen molar-refractivity contribution < 1.29 is 5.11 Å². The third-order valence-corrected chi connectivity index (χ3v) is 1.48. The maximum atomic E-state index is 9.23. The number of rotatable bonds is 2. The minimum Gasteiger partial charge on any atom is -0.508 e.